The van der Waals surface area contributed by atoms with Gasteiger partial charge in [0.1, 0.15) is 6.54 Å². The van der Waals surface area contributed by atoms with Crippen molar-refractivity contribution in [3.63, 3.8) is 0 Å². The van der Waals surface area contributed by atoms with E-state index >= 15 is 0 Å². The molecule has 0 spiro atoms. The number of nitrogens with zero attached hydrogens (tertiary/aromatic N) is 2. The van der Waals surface area contributed by atoms with E-state index in [-0.39, 0.29) is 18.9 Å². The van der Waals surface area contributed by atoms with Crippen LogP contribution < -0.4 is 5.32 Å². The quantitative estimate of drug-likeness (QED) is 0.665. The van der Waals surface area contributed by atoms with E-state index in [0.29, 0.717) is 27.0 Å². The first-order valence-electron chi connectivity index (χ1n) is 8.45. The van der Waals surface area contributed by atoms with Crippen LogP contribution >= 0.6 is 22.9 Å². The molecule has 28 heavy (non-hydrogen) atoms. The van der Waals surface area contributed by atoms with Crippen molar-refractivity contribution in [2.45, 2.75) is 6.42 Å². The number of nitrogens with one attached hydrogen (secondary N) is 1. The Bertz CT molecular complexity index is 1080. The standard InChI is InChI=1S/C20H14ClN3O3S/c21-14-7-5-12(6-8-14)16-11-28-20(22-16)23-17(25)10-24-18(26)9-13-3-1-2-4-15(13)19(24)27/h1-8,11H,9-10H2,(H,22,23,25). The number of fused-ring (bicyclic) bond motifs is 1. The van der Waals surface area contributed by atoms with Crippen molar-refractivity contribution in [2.24, 2.45) is 0 Å². The zero-order valence-corrected chi connectivity index (χ0v) is 16.1. The van der Waals surface area contributed by atoms with Gasteiger partial charge in [-0.05, 0) is 23.8 Å². The number of amides is 3. The van der Waals surface area contributed by atoms with Gasteiger partial charge in [-0.2, -0.15) is 0 Å². The fourth-order valence-electron chi connectivity index (χ4n) is 2.95. The second kappa shape index (κ2) is 7.53. The summed E-state index contributed by atoms with van der Waals surface area (Å²) in [7, 11) is 0. The molecule has 2 aromatic carbocycles. The van der Waals surface area contributed by atoms with Gasteiger partial charge in [-0.1, -0.05) is 41.9 Å². The van der Waals surface area contributed by atoms with E-state index in [9.17, 15) is 14.4 Å². The van der Waals surface area contributed by atoms with Gasteiger partial charge in [-0.15, -0.1) is 11.3 Å². The van der Waals surface area contributed by atoms with Gasteiger partial charge >= 0.3 is 0 Å². The van der Waals surface area contributed by atoms with Gasteiger partial charge in [-0.3, -0.25) is 19.3 Å². The van der Waals surface area contributed by atoms with Crippen LogP contribution in [-0.4, -0.2) is 34.2 Å². The first kappa shape index (κ1) is 18.3. The molecule has 0 fully saturated rings. The van der Waals surface area contributed by atoms with E-state index < -0.39 is 11.8 Å². The molecule has 3 aromatic rings. The minimum absolute atomic E-state index is 0.104. The number of carbonyl (C=O) groups excluding carboxylic acids is 3. The number of hydrogen-bond acceptors (Lipinski definition) is 5. The summed E-state index contributed by atoms with van der Waals surface area (Å²) >= 11 is 7.15. The molecule has 1 aliphatic heterocycles. The Balaban J connectivity index is 1.44. The lowest BCUT2D eigenvalue weighted by atomic mass is 9.98. The topological polar surface area (TPSA) is 79.4 Å². The van der Waals surface area contributed by atoms with Gasteiger partial charge in [0.05, 0.1) is 12.1 Å². The summed E-state index contributed by atoms with van der Waals surface area (Å²) in [4.78, 5) is 42.5. The summed E-state index contributed by atoms with van der Waals surface area (Å²) in [6.07, 6.45) is 0.104. The maximum absolute atomic E-state index is 12.5. The van der Waals surface area contributed by atoms with Gasteiger partial charge in [-0.25, -0.2) is 4.98 Å². The number of thiazole rings is 1. The van der Waals surface area contributed by atoms with E-state index in [0.717, 1.165) is 10.5 Å². The maximum atomic E-state index is 12.5. The number of hydrogen-bond donors (Lipinski definition) is 1. The normalized spacial score (nSPS) is 13.4. The maximum Gasteiger partial charge on any atom is 0.261 e. The average Bonchev–Trinajstić information content (AvgIpc) is 3.14. The van der Waals surface area contributed by atoms with Crippen molar-refractivity contribution in [3.8, 4) is 11.3 Å². The number of carbonyl (C=O) groups is 3. The summed E-state index contributed by atoms with van der Waals surface area (Å²) in [5.74, 6) is -1.32. The Morgan fingerprint density at radius 1 is 1.14 bits per heavy atom. The van der Waals surface area contributed by atoms with Crippen molar-refractivity contribution < 1.29 is 14.4 Å². The molecule has 0 saturated heterocycles. The van der Waals surface area contributed by atoms with E-state index in [2.05, 4.69) is 10.3 Å². The Hall–Kier alpha value is -3.03. The number of halogens is 1. The second-order valence-electron chi connectivity index (χ2n) is 6.21. The third kappa shape index (κ3) is 3.67. The first-order valence-corrected chi connectivity index (χ1v) is 9.71. The second-order valence-corrected chi connectivity index (χ2v) is 7.51. The number of benzene rings is 2. The van der Waals surface area contributed by atoms with E-state index in [4.69, 9.17) is 11.6 Å². The lowest BCUT2D eigenvalue weighted by molar-refractivity contribution is -0.131. The first-order chi connectivity index (χ1) is 13.5. The van der Waals surface area contributed by atoms with Crippen LogP contribution in [0.25, 0.3) is 11.3 Å². The van der Waals surface area contributed by atoms with Crippen LogP contribution in [0.4, 0.5) is 5.13 Å². The highest BCUT2D eigenvalue weighted by Crippen LogP contribution is 2.26. The summed E-state index contributed by atoms with van der Waals surface area (Å²) in [6, 6.07) is 14.1. The number of rotatable bonds is 4. The number of aromatic nitrogens is 1. The van der Waals surface area contributed by atoms with Gasteiger partial charge < -0.3 is 5.32 Å². The molecule has 4 rings (SSSR count). The van der Waals surface area contributed by atoms with Crippen molar-refractivity contribution in [2.75, 3.05) is 11.9 Å². The lowest BCUT2D eigenvalue weighted by Crippen LogP contribution is -2.46. The molecule has 1 aromatic heterocycles. The predicted molar refractivity (Wildman–Crippen MR) is 107 cm³/mol. The zero-order chi connectivity index (χ0) is 19.7. The summed E-state index contributed by atoms with van der Waals surface area (Å²) < 4.78 is 0. The largest absolute Gasteiger partial charge is 0.300 e. The molecule has 0 atom stereocenters. The van der Waals surface area contributed by atoms with Crippen LogP contribution in [0.2, 0.25) is 5.02 Å². The van der Waals surface area contributed by atoms with Gasteiger partial charge in [0, 0.05) is 21.5 Å². The smallest absolute Gasteiger partial charge is 0.261 e. The van der Waals surface area contributed by atoms with Crippen LogP contribution in [0, 0.1) is 0 Å². The van der Waals surface area contributed by atoms with Crippen LogP contribution in [0.1, 0.15) is 15.9 Å². The van der Waals surface area contributed by atoms with Crippen LogP contribution in [-0.2, 0) is 16.0 Å². The van der Waals surface area contributed by atoms with Crippen molar-refractivity contribution in [3.05, 3.63) is 70.1 Å². The lowest BCUT2D eigenvalue weighted by Gasteiger charge is -2.26. The monoisotopic (exact) mass is 411 g/mol. The highest BCUT2D eigenvalue weighted by molar-refractivity contribution is 7.14. The molecule has 140 valence electrons. The zero-order valence-electron chi connectivity index (χ0n) is 14.5. The van der Waals surface area contributed by atoms with Crippen molar-refractivity contribution in [1.29, 1.82) is 0 Å². The van der Waals surface area contributed by atoms with Crippen LogP contribution in [0.3, 0.4) is 0 Å². The van der Waals surface area contributed by atoms with Crippen LogP contribution in [0.5, 0.6) is 0 Å². The Morgan fingerprint density at radius 2 is 1.89 bits per heavy atom. The molecule has 0 aliphatic carbocycles. The molecule has 0 bridgehead atoms. The molecule has 0 radical (unpaired) electrons. The third-order valence-corrected chi connectivity index (χ3v) is 5.34. The molecular formula is C20H14ClN3O3S. The van der Waals surface area contributed by atoms with Crippen LogP contribution in [0.15, 0.2) is 53.9 Å². The van der Waals surface area contributed by atoms with Crippen molar-refractivity contribution in [1.82, 2.24) is 9.88 Å². The minimum atomic E-state index is -0.474. The number of anilines is 1. The SMILES string of the molecule is O=C(CN1C(=O)Cc2ccccc2C1=O)Nc1nc(-c2ccc(Cl)cc2)cs1. The van der Waals surface area contributed by atoms with Gasteiger partial charge in [0.2, 0.25) is 11.8 Å². The molecule has 8 heteroatoms. The fourth-order valence-corrected chi connectivity index (χ4v) is 3.81. The van der Waals surface area contributed by atoms with Crippen molar-refractivity contribution >= 4 is 45.8 Å². The summed E-state index contributed by atoms with van der Waals surface area (Å²) in [6.45, 7) is -0.345. The average molecular weight is 412 g/mol. The molecule has 2 heterocycles. The van der Waals surface area contributed by atoms with E-state index in [1.54, 1.807) is 36.4 Å². The Morgan fingerprint density at radius 3 is 2.68 bits per heavy atom. The summed E-state index contributed by atoms with van der Waals surface area (Å²) in [5.41, 5.74) is 2.71. The highest BCUT2D eigenvalue weighted by atomic mass is 35.5. The highest BCUT2D eigenvalue weighted by Gasteiger charge is 2.32. The minimum Gasteiger partial charge on any atom is -0.300 e. The Kier molecular flexibility index (Phi) is 4.93. The van der Waals surface area contributed by atoms with E-state index in [1.165, 1.54) is 11.3 Å². The fraction of sp³-hybridized carbons (Fsp3) is 0.100. The van der Waals surface area contributed by atoms with Gasteiger partial charge in [0.15, 0.2) is 5.13 Å². The molecule has 0 saturated carbocycles. The van der Waals surface area contributed by atoms with E-state index in [1.807, 2.05) is 17.5 Å². The molecule has 6 nitrogen and oxygen atoms in total. The Labute approximate surface area is 169 Å². The predicted octanol–water partition coefficient (Wildman–Crippen LogP) is 3.63. The summed E-state index contributed by atoms with van der Waals surface area (Å²) in [5, 5.41) is 5.49. The molecular weight excluding hydrogens is 398 g/mol. The van der Waals surface area contributed by atoms with Gasteiger partial charge in [0.25, 0.3) is 5.91 Å². The third-order valence-electron chi connectivity index (χ3n) is 4.33. The number of imide groups is 1. The molecule has 1 N–H and O–H groups in total. The molecule has 1 aliphatic rings. The molecule has 0 unspecified atom stereocenters. The molecule has 3 amide bonds.